The SMILES string of the molecule is COC[C@H](C)n1c(C)cc(C(=O)COC(=O)c2cc(S(=O)(=O)N(C)C)ccc2NCCO)c1C. The van der Waals surface area contributed by atoms with E-state index in [1.807, 2.05) is 25.3 Å². The Labute approximate surface area is 200 Å². The maximum absolute atomic E-state index is 12.9. The molecule has 2 aromatic rings. The van der Waals surface area contributed by atoms with Crippen LogP contribution < -0.4 is 5.32 Å². The molecule has 0 radical (unpaired) electrons. The van der Waals surface area contributed by atoms with Crippen LogP contribution in [-0.2, 0) is 19.5 Å². The maximum Gasteiger partial charge on any atom is 0.340 e. The third-order valence-electron chi connectivity index (χ3n) is 5.38. The lowest BCUT2D eigenvalue weighted by atomic mass is 10.1. The predicted molar refractivity (Wildman–Crippen MR) is 128 cm³/mol. The molecule has 0 saturated carbocycles. The Morgan fingerprint density at radius 2 is 1.85 bits per heavy atom. The van der Waals surface area contributed by atoms with Gasteiger partial charge in [0, 0.05) is 50.4 Å². The van der Waals surface area contributed by atoms with E-state index in [0.717, 1.165) is 15.7 Å². The van der Waals surface area contributed by atoms with Crippen molar-refractivity contribution in [2.45, 2.75) is 31.7 Å². The van der Waals surface area contributed by atoms with E-state index in [4.69, 9.17) is 14.6 Å². The lowest BCUT2D eigenvalue weighted by Gasteiger charge is -2.17. The standard InChI is InChI=1S/C23H33N3O7S/c1-15-11-19(17(3)26(15)16(2)13-32-6)22(28)14-33-23(29)20-12-18(34(30,31)25(4)5)7-8-21(20)24-9-10-27/h7-8,11-12,16,24,27H,9-10,13-14H2,1-6H3/t16-/m0/s1. The average Bonchev–Trinajstić information content (AvgIpc) is 3.09. The summed E-state index contributed by atoms with van der Waals surface area (Å²) in [6.07, 6.45) is 0. The number of aromatic nitrogens is 1. The molecule has 0 fully saturated rings. The van der Waals surface area contributed by atoms with Gasteiger partial charge in [-0.3, -0.25) is 4.79 Å². The molecule has 1 atom stereocenters. The highest BCUT2D eigenvalue weighted by molar-refractivity contribution is 7.89. The van der Waals surface area contributed by atoms with Crippen LogP contribution in [-0.4, -0.2) is 81.7 Å². The lowest BCUT2D eigenvalue weighted by Crippen LogP contribution is -2.23. The number of nitrogens with zero attached hydrogens (tertiary/aromatic N) is 2. The largest absolute Gasteiger partial charge is 0.454 e. The minimum Gasteiger partial charge on any atom is -0.454 e. The summed E-state index contributed by atoms with van der Waals surface area (Å²) in [5, 5.41) is 12.0. The van der Waals surface area contributed by atoms with Crippen LogP contribution in [0.3, 0.4) is 0 Å². The molecule has 0 aliphatic rings. The summed E-state index contributed by atoms with van der Waals surface area (Å²) in [7, 11) is 0.579. The summed E-state index contributed by atoms with van der Waals surface area (Å²) in [6.45, 7) is 5.61. The Balaban J connectivity index is 2.28. The van der Waals surface area contributed by atoms with Gasteiger partial charge in [-0.1, -0.05) is 0 Å². The monoisotopic (exact) mass is 495 g/mol. The van der Waals surface area contributed by atoms with Gasteiger partial charge in [0.25, 0.3) is 0 Å². The molecule has 0 aliphatic carbocycles. The summed E-state index contributed by atoms with van der Waals surface area (Å²) < 4.78 is 38.5. The third kappa shape index (κ3) is 6.03. The van der Waals surface area contributed by atoms with Gasteiger partial charge in [0.15, 0.2) is 6.61 Å². The van der Waals surface area contributed by atoms with Crippen LogP contribution >= 0.6 is 0 Å². The first-order chi connectivity index (χ1) is 15.9. The fourth-order valence-electron chi connectivity index (χ4n) is 3.75. The zero-order valence-corrected chi connectivity index (χ0v) is 21.2. The first-order valence-corrected chi connectivity index (χ1v) is 12.2. The molecule has 0 saturated heterocycles. The molecule has 188 valence electrons. The van der Waals surface area contributed by atoms with Gasteiger partial charge in [-0.15, -0.1) is 0 Å². The maximum atomic E-state index is 12.9. The van der Waals surface area contributed by atoms with Crippen LogP contribution in [0.2, 0.25) is 0 Å². The van der Waals surface area contributed by atoms with E-state index >= 15 is 0 Å². The molecule has 34 heavy (non-hydrogen) atoms. The minimum atomic E-state index is -3.80. The summed E-state index contributed by atoms with van der Waals surface area (Å²) in [5.41, 5.74) is 2.30. The number of sulfonamides is 1. The molecule has 1 aromatic heterocycles. The zero-order chi connectivity index (χ0) is 25.6. The predicted octanol–water partition coefficient (Wildman–Crippen LogP) is 2.01. The molecule has 10 nitrogen and oxygen atoms in total. The summed E-state index contributed by atoms with van der Waals surface area (Å²) in [4.78, 5) is 25.6. The Morgan fingerprint density at radius 1 is 1.18 bits per heavy atom. The third-order valence-corrected chi connectivity index (χ3v) is 7.20. The number of aryl methyl sites for hydroxylation is 1. The number of hydrogen-bond acceptors (Lipinski definition) is 8. The van der Waals surface area contributed by atoms with Gasteiger partial charge in [0.2, 0.25) is 15.8 Å². The van der Waals surface area contributed by atoms with Crippen molar-refractivity contribution in [2.75, 3.05) is 52.9 Å². The van der Waals surface area contributed by atoms with Gasteiger partial charge in [-0.05, 0) is 45.0 Å². The highest BCUT2D eigenvalue weighted by Gasteiger charge is 2.24. The number of esters is 1. The number of aliphatic hydroxyl groups excluding tert-OH is 1. The Kier molecular flexibility index (Phi) is 9.39. The number of Topliss-reactive ketones (excluding diaryl/α,β-unsaturated/α-hetero) is 1. The smallest absolute Gasteiger partial charge is 0.340 e. The number of ketones is 1. The summed E-state index contributed by atoms with van der Waals surface area (Å²) in [6, 6.07) is 5.74. The minimum absolute atomic E-state index is 0.0237. The second-order valence-electron chi connectivity index (χ2n) is 8.10. The number of methoxy groups -OCH3 is 1. The molecule has 0 aliphatic heterocycles. The first-order valence-electron chi connectivity index (χ1n) is 10.7. The van der Waals surface area contributed by atoms with Gasteiger partial charge < -0.3 is 24.5 Å². The van der Waals surface area contributed by atoms with Crippen LogP contribution in [0.1, 0.15) is 45.1 Å². The fraction of sp³-hybridized carbons (Fsp3) is 0.478. The summed E-state index contributed by atoms with van der Waals surface area (Å²) >= 11 is 0. The molecule has 2 N–H and O–H groups in total. The molecule has 0 bridgehead atoms. The van der Waals surface area contributed by atoms with Crippen molar-refractivity contribution in [1.29, 1.82) is 0 Å². The molecule has 1 aromatic carbocycles. The first kappa shape index (κ1) is 27.5. The summed E-state index contributed by atoms with van der Waals surface area (Å²) in [5.74, 6) is -1.23. The van der Waals surface area contributed by atoms with Crippen LogP contribution in [0, 0.1) is 13.8 Å². The molecule has 0 spiro atoms. The van der Waals surface area contributed by atoms with E-state index in [1.54, 1.807) is 13.2 Å². The number of anilines is 1. The number of hydrogen-bond donors (Lipinski definition) is 2. The zero-order valence-electron chi connectivity index (χ0n) is 20.4. The number of ether oxygens (including phenoxy) is 2. The van der Waals surface area contributed by atoms with Gasteiger partial charge in [0.1, 0.15) is 0 Å². The van der Waals surface area contributed by atoms with Crippen molar-refractivity contribution < 1.29 is 32.6 Å². The van der Waals surface area contributed by atoms with Crippen molar-refractivity contribution >= 4 is 27.5 Å². The van der Waals surface area contributed by atoms with Crippen LogP contribution in [0.5, 0.6) is 0 Å². The second kappa shape index (κ2) is 11.6. The van der Waals surface area contributed by atoms with Gasteiger partial charge in [-0.2, -0.15) is 0 Å². The van der Waals surface area contributed by atoms with E-state index in [2.05, 4.69) is 5.32 Å². The van der Waals surface area contributed by atoms with Crippen molar-refractivity contribution in [3.05, 3.63) is 46.8 Å². The number of benzene rings is 1. The quantitative estimate of drug-likeness (QED) is 0.338. The van der Waals surface area contributed by atoms with Crippen molar-refractivity contribution in [2.24, 2.45) is 0 Å². The van der Waals surface area contributed by atoms with E-state index < -0.39 is 22.6 Å². The molecule has 11 heteroatoms. The van der Waals surface area contributed by atoms with Gasteiger partial charge in [-0.25, -0.2) is 17.5 Å². The fourth-order valence-corrected chi connectivity index (χ4v) is 4.68. The van der Waals surface area contributed by atoms with Crippen LogP contribution in [0.15, 0.2) is 29.2 Å². The molecular weight excluding hydrogens is 462 g/mol. The van der Waals surface area contributed by atoms with Gasteiger partial charge >= 0.3 is 5.97 Å². The van der Waals surface area contributed by atoms with E-state index in [-0.39, 0.29) is 41.1 Å². The number of rotatable bonds is 12. The van der Waals surface area contributed by atoms with Crippen molar-refractivity contribution in [3.8, 4) is 0 Å². The topological polar surface area (TPSA) is 127 Å². The van der Waals surface area contributed by atoms with Gasteiger partial charge in [0.05, 0.1) is 29.7 Å². The number of aliphatic hydroxyl groups is 1. The molecule has 1 heterocycles. The normalized spacial score (nSPS) is 12.6. The lowest BCUT2D eigenvalue weighted by molar-refractivity contribution is 0.0475. The number of carbonyl (C=O) groups is 2. The Bertz CT molecular complexity index is 1140. The second-order valence-corrected chi connectivity index (χ2v) is 10.3. The van der Waals surface area contributed by atoms with Crippen molar-refractivity contribution in [1.82, 2.24) is 8.87 Å². The number of carbonyl (C=O) groups excluding carboxylic acids is 2. The molecule has 0 amide bonds. The van der Waals surface area contributed by atoms with E-state index in [1.165, 1.54) is 32.3 Å². The van der Waals surface area contributed by atoms with Crippen LogP contribution in [0.25, 0.3) is 0 Å². The van der Waals surface area contributed by atoms with E-state index in [9.17, 15) is 18.0 Å². The highest BCUT2D eigenvalue weighted by atomic mass is 32.2. The highest BCUT2D eigenvalue weighted by Crippen LogP contribution is 2.24. The number of nitrogens with one attached hydrogen (secondary N) is 1. The Morgan fingerprint density at radius 3 is 2.44 bits per heavy atom. The average molecular weight is 496 g/mol. The molecular formula is C23H33N3O7S. The van der Waals surface area contributed by atoms with Crippen LogP contribution in [0.4, 0.5) is 5.69 Å². The molecule has 2 rings (SSSR count). The molecule has 0 unspecified atom stereocenters. The van der Waals surface area contributed by atoms with Crippen molar-refractivity contribution in [3.63, 3.8) is 0 Å². The van der Waals surface area contributed by atoms with E-state index in [0.29, 0.717) is 12.2 Å². The Hall–Kier alpha value is -2.73.